The van der Waals surface area contributed by atoms with Crippen molar-refractivity contribution in [2.24, 2.45) is 5.73 Å². The molecule has 84 valence electrons. The van der Waals surface area contributed by atoms with E-state index in [2.05, 4.69) is 5.10 Å². The molecule has 3 aromatic rings. The molecule has 5 heteroatoms. The van der Waals surface area contributed by atoms with Gasteiger partial charge in [-0.05, 0) is 6.07 Å². The molecular formula is C11H12ClN3O. The molecule has 0 radical (unpaired) electrons. The second kappa shape index (κ2) is 4.15. The molecular weight excluding hydrogens is 226 g/mol. The van der Waals surface area contributed by atoms with Crippen molar-refractivity contribution in [2.45, 2.75) is 6.54 Å². The van der Waals surface area contributed by atoms with Gasteiger partial charge in [0, 0.05) is 17.3 Å². The number of halogens is 1. The van der Waals surface area contributed by atoms with E-state index in [0.717, 1.165) is 21.9 Å². The number of rotatable bonds is 2. The van der Waals surface area contributed by atoms with Gasteiger partial charge in [-0.3, -0.25) is 4.68 Å². The maximum Gasteiger partial charge on any atom is 0.159 e. The van der Waals surface area contributed by atoms with E-state index in [1.54, 1.807) is 6.26 Å². The Kier molecular flexibility index (Phi) is 2.85. The van der Waals surface area contributed by atoms with Crippen LogP contribution in [0.15, 0.2) is 35.1 Å². The molecule has 0 fully saturated rings. The zero-order valence-electron chi connectivity index (χ0n) is 8.59. The van der Waals surface area contributed by atoms with Crippen molar-refractivity contribution in [3.8, 4) is 0 Å². The van der Waals surface area contributed by atoms with Gasteiger partial charge >= 0.3 is 0 Å². The van der Waals surface area contributed by atoms with Crippen molar-refractivity contribution in [2.75, 3.05) is 6.54 Å². The topological polar surface area (TPSA) is 57.0 Å². The summed E-state index contributed by atoms with van der Waals surface area (Å²) in [5.41, 5.74) is 7.46. The van der Waals surface area contributed by atoms with Crippen LogP contribution in [0.1, 0.15) is 0 Å². The van der Waals surface area contributed by atoms with E-state index in [9.17, 15) is 0 Å². The largest absolute Gasteiger partial charge is 0.462 e. The van der Waals surface area contributed by atoms with Gasteiger partial charge in [0.15, 0.2) is 5.58 Å². The first-order valence-electron chi connectivity index (χ1n) is 4.92. The molecule has 0 atom stereocenters. The fourth-order valence-corrected chi connectivity index (χ4v) is 1.88. The first-order valence-corrected chi connectivity index (χ1v) is 4.92. The van der Waals surface area contributed by atoms with E-state index in [0.29, 0.717) is 13.1 Å². The highest BCUT2D eigenvalue weighted by Gasteiger charge is 2.08. The molecule has 0 saturated carbocycles. The fourth-order valence-electron chi connectivity index (χ4n) is 1.88. The molecule has 0 aliphatic rings. The van der Waals surface area contributed by atoms with Crippen LogP contribution in [0.25, 0.3) is 21.9 Å². The third-order valence-electron chi connectivity index (χ3n) is 2.56. The monoisotopic (exact) mass is 237 g/mol. The maximum absolute atomic E-state index is 5.54. The molecule has 16 heavy (non-hydrogen) atoms. The van der Waals surface area contributed by atoms with Gasteiger partial charge < -0.3 is 10.2 Å². The van der Waals surface area contributed by atoms with Crippen molar-refractivity contribution >= 4 is 34.3 Å². The van der Waals surface area contributed by atoms with Gasteiger partial charge in [0.25, 0.3) is 0 Å². The van der Waals surface area contributed by atoms with Crippen molar-refractivity contribution < 1.29 is 4.42 Å². The summed E-state index contributed by atoms with van der Waals surface area (Å²) in [6.45, 7) is 1.29. The molecule has 4 nitrogen and oxygen atoms in total. The molecule has 0 amide bonds. The molecule has 2 heterocycles. The van der Waals surface area contributed by atoms with Gasteiger partial charge in [-0.15, -0.1) is 12.4 Å². The Morgan fingerprint density at radius 2 is 2.06 bits per heavy atom. The van der Waals surface area contributed by atoms with Gasteiger partial charge in [0.2, 0.25) is 0 Å². The zero-order chi connectivity index (χ0) is 10.3. The smallest absolute Gasteiger partial charge is 0.159 e. The first-order chi connectivity index (χ1) is 7.40. The second-order valence-electron chi connectivity index (χ2n) is 3.50. The zero-order valence-corrected chi connectivity index (χ0v) is 9.41. The van der Waals surface area contributed by atoms with Crippen LogP contribution in [0.3, 0.4) is 0 Å². The Bertz CT molecular complexity index is 614. The summed E-state index contributed by atoms with van der Waals surface area (Å²) < 4.78 is 7.36. The molecule has 0 aliphatic heterocycles. The highest BCUT2D eigenvalue weighted by atomic mass is 35.5. The lowest BCUT2D eigenvalue weighted by atomic mass is 10.2. The lowest BCUT2D eigenvalue weighted by Gasteiger charge is -2.00. The number of hydrogen-bond acceptors (Lipinski definition) is 3. The van der Waals surface area contributed by atoms with E-state index in [1.807, 2.05) is 29.1 Å². The summed E-state index contributed by atoms with van der Waals surface area (Å²) in [6, 6.07) is 6.04. The van der Waals surface area contributed by atoms with Crippen LogP contribution in [0.2, 0.25) is 0 Å². The highest BCUT2D eigenvalue weighted by Crippen LogP contribution is 2.25. The van der Waals surface area contributed by atoms with Crippen molar-refractivity contribution in [3.63, 3.8) is 0 Å². The molecule has 2 aromatic heterocycles. The number of aromatic nitrogens is 2. The van der Waals surface area contributed by atoms with Crippen molar-refractivity contribution in [3.05, 3.63) is 30.7 Å². The van der Waals surface area contributed by atoms with E-state index < -0.39 is 0 Å². The van der Waals surface area contributed by atoms with E-state index in [4.69, 9.17) is 10.2 Å². The fraction of sp³-hybridized carbons (Fsp3) is 0.182. The summed E-state index contributed by atoms with van der Waals surface area (Å²) in [4.78, 5) is 0. The molecule has 2 N–H and O–H groups in total. The highest BCUT2D eigenvalue weighted by molar-refractivity contribution is 6.01. The van der Waals surface area contributed by atoms with Gasteiger partial charge in [-0.1, -0.05) is 12.1 Å². The summed E-state index contributed by atoms with van der Waals surface area (Å²) >= 11 is 0. The Hall–Kier alpha value is -1.52. The quantitative estimate of drug-likeness (QED) is 0.743. The number of furan rings is 1. The number of fused-ring (bicyclic) bond motifs is 3. The maximum atomic E-state index is 5.54. The van der Waals surface area contributed by atoms with Crippen LogP contribution in [0.5, 0.6) is 0 Å². The third kappa shape index (κ3) is 1.47. The number of nitrogens with zero attached hydrogens (tertiary/aromatic N) is 2. The van der Waals surface area contributed by atoms with Gasteiger partial charge in [0.05, 0.1) is 19.0 Å². The van der Waals surface area contributed by atoms with E-state index >= 15 is 0 Å². The average molecular weight is 238 g/mol. The lowest BCUT2D eigenvalue weighted by molar-refractivity contribution is 0.605. The minimum absolute atomic E-state index is 0. The Balaban J connectivity index is 0.000000963. The SMILES string of the molecule is Cl.NCCn1ncc2ccc3ccoc3c21. The van der Waals surface area contributed by atoms with E-state index in [1.165, 1.54) is 0 Å². The summed E-state index contributed by atoms with van der Waals surface area (Å²) in [5, 5.41) is 6.48. The number of benzene rings is 1. The normalized spacial score (nSPS) is 10.8. The Morgan fingerprint density at radius 1 is 1.25 bits per heavy atom. The van der Waals surface area contributed by atoms with Crippen molar-refractivity contribution in [1.82, 2.24) is 9.78 Å². The Labute approximate surface area is 98.4 Å². The summed E-state index contributed by atoms with van der Waals surface area (Å²) in [5.74, 6) is 0. The third-order valence-corrected chi connectivity index (χ3v) is 2.56. The number of hydrogen-bond donors (Lipinski definition) is 1. The molecule has 0 saturated heterocycles. The standard InChI is InChI=1S/C11H11N3O.ClH/c12-4-5-14-10-9(7-13-14)2-1-8-3-6-15-11(8)10;/h1-3,6-7H,4-5,12H2;1H. The van der Waals surface area contributed by atoms with Crippen LogP contribution in [-0.2, 0) is 6.54 Å². The Morgan fingerprint density at radius 3 is 2.88 bits per heavy atom. The van der Waals surface area contributed by atoms with Crippen LogP contribution < -0.4 is 5.73 Å². The minimum Gasteiger partial charge on any atom is -0.462 e. The second-order valence-corrected chi connectivity index (χ2v) is 3.50. The minimum atomic E-state index is 0. The first kappa shape index (κ1) is 11.0. The number of nitrogens with two attached hydrogens (primary N) is 1. The van der Waals surface area contributed by atoms with Crippen LogP contribution >= 0.6 is 12.4 Å². The van der Waals surface area contributed by atoms with Crippen LogP contribution in [0.4, 0.5) is 0 Å². The molecule has 3 rings (SSSR count). The molecule has 0 bridgehead atoms. The molecule has 0 aliphatic carbocycles. The van der Waals surface area contributed by atoms with E-state index in [-0.39, 0.29) is 12.4 Å². The lowest BCUT2D eigenvalue weighted by Crippen LogP contribution is -2.10. The average Bonchev–Trinajstić information content (AvgIpc) is 2.83. The predicted molar refractivity (Wildman–Crippen MR) is 65.8 cm³/mol. The summed E-state index contributed by atoms with van der Waals surface area (Å²) in [7, 11) is 0. The van der Waals surface area contributed by atoms with Crippen LogP contribution in [-0.4, -0.2) is 16.3 Å². The molecule has 1 aromatic carbocycles. The summed E-state index contributed by atoms with van der Waals surface area (Å²) in [6.07, 6.45) is 3.54. The van der Waals surface area contributed by atoms with Crippen LogP contribution in [0, 0.1) is 0 Å². The van der Waals surface area contributed by atoms with Gasteiger partial charge in [0.1, 0.15) is 5.52 Å². The molecule has 0 spiro atoms. The van der Waals surface area contributed by atoms with Crippen molar-refractivity contribution in [1.29, 1.82) is 0 Å². The molecule has 0 unspecified atom stereocenters. The van der Waals surface area contributed by atoms with Gasteiger partial charge in [-0.25, -0.2) is 0 Å². The predicted octanol–water partition coefficient (Wildman–Crippen LogP) is 2.16. The van der Waals surface area contributed by atoms with Gasteiger partial charge in [-0.2, -0.15) is 5.10 Å².